The van der Waals surface area contributed by atoms with E-state index in [1.165, 1.54) is 0 Å². The van der Waals surface area contributed by atoms with Crippen LogP contribution in [-0.2, 0) is 14.3 Å². The minimum absolute atomic E-state index is 0.185. The third-order valence-electron chi connectivity index (χ3n) is 1.46. The molecule has 0 bridgehead atoms. The molecule has 6 nitrogen and oxygen atoms in total. The molecule has 0 aliphatic rings. The molecule has 96 valence electrons. The molecule has 0 aromatic carbocycles. The van der Waals surface area contributed by atoms with Crippen molar-refractivity contribution in [2.24, 2.45) is 0 Å². The van der Waals surface area contributed by atoms with Crippen LogP contribution in [0, 0.1) is 6.57 Å². The molecule has 0 aromatic heterocycles. The smallest absolute Gasteiger partial charge is 0.407 e. The molecule has 0 aromatic rings. The molecule has 0 aliphatic heterocycles. The summed E-state index contributed by atoms with van der Waals surface area (Å²) >= 11 is 0. The minimum atomic E-state index is -0.544. The van der Waals surface area contributed by atoms with Gasteiger partial charge >= 0.3 is 18.6 Å². The average molecular weight is 242 g/mol. The Hall–Kier alpha value is -1.77. The fourth-order valence-electron chi connectivity index (χ4n) is 0.873. The van der Waals surface area contributed by atoms with Crippen LogP contribution < -0.4 is 5.32 Å². The summed E-state index contributed by atoms with van der Waals surface area (Å²) in [4.78, 5) is 24.8. The van der Waals surface area contributed by atoms with E-state index in [2.05, 4.69) is 10.2 Å². The molecule has 1 N–H and O–H groups in total. The topological polar surface area (TPSA) is 69.0 Å². The van der Waals surface area contributed by atoms with Gasteiger partial charge in [0.1, 0.15) is 5.60 Å². The monoisotopic (exact) mass is 242 g/mol. The van der Waals surface area contributed by atoms with Crippen molar-refractivity contribution in [2.75, 3.05) is 19.7 Å². The van der Waals surface area contributed by atoms with Gasteiger partial charge < -0.3 is 19.6 Å². The molecule has 0 rings (SSSR count). The number of carbonyl (C=O) groups excluding carboxylic acids is 2. The van der Waals surface area contributed by atoms with Crippen LogP contribution in [0.4, 0.5) is 4.79 Å². The van der Waals surface area contributed by atoms with E-state index >= 15 is 0 Å². The molecule has 0 saturated heterocycles. The predicted octanol–water partition coefficient (Wildman–Crippen LogP) is 1.36. The van der Waals surface area contributed by atoms with Gasteiger partial charge in [-0.3, -0.25) is 0 Å². The van der Waals surface area contributed by atoms with E-state index in [0.717, 1.165) is 0 Å². The number of nitrogens with one attached hydrogen (secondary N) is 1. The summed E-state index contributed by atoms with van der Waals surface area (Å²) in [6.45, 7) is 12.1. The maximum atomic E-state index is 11.2. The predicted molar refractivity (Wildman–Crippen MR) is 61.3 cm³/mol. The summed E-state index contributed by atoms with van der Waals surface area (Å²) < 4.78 is 9.73. The second-order valence-corrected chi connectivity index (χ2v) is 4.32. The Morgan fingerprint density at radius 2 is 2.00 bits per heavy atom. The van der Waals surface area contributed by atoms with Gasteiger partial charge in [0.25, 0.3) is 0 Å². The first-order valence-corrected chi connectivity index (χ1v) is 5.31. The molecule has 6 heteroatoms. The van der Waals surface area contributed by atoms with Crippen molar-refractivity contribution in [3.8, 4) is 0 Å². The first-order chi connectivity index (χ1) is 7.85. The fourth-order valence-corrected chi connectivity index (χ4v) is 0.873. The lowest BCUT2D eigenvalue weighted by Crippen LogP contribution is -2.33. The van der Waals surface area contributed by atoms with Crippen LogP contribution in [0.15, 0.2) is 0 Å². The van der Waals surface area contributed by atoms with Crippen molar-refractivity contribution < 1.29 is 19.1 Å². The highest BCUT2D eigenvalue weighted by Crippen LogP contribution is 2.06. The molecule has 0 radical (unpaired) electrons. The first-order valence-electron chi connectivity index (χ1n) is 5.31. The first kappa shape index (κ1) is 15.2. The molecule has 17 heavy (non-hydrogen) atoms. The average Bonchev–Trinajstić information content (AvgIpc) is 2.14. The second-order valence-electron chi connectivity index (χ2n) is 4.32. The Balaban J connectivity index is 3.50. The Bertz CT molecular complexity index is 302. The SMILES string of the molecule is [C-]#[N+]CC(=O)OCCCNC(=O)OC(C)(C)C. The lowest BCUT2D eigenvalue weighted by Gasteiger charge is -2.19. The molecule has 0 saturated carbocycles. The highest BCUT2D eigenvalue weighted by Gasteiger charge is 2.15. The number of alkyl carbamates (subject to hydrolysis) is 1. The van der Waals surface area contributed by atoms with Crippen LogP contribution >= 0.6 is 0 Å². The molecule has 0 aliphatic carbocycles. The van der Waals surface area contributed by atoms with Gasteiger partial charge in [0.05, 0.1) is 6.61 Å². The maximum absolute atomic E-state index is 11.2. The third-order valence-corrected chi connectivity index (χ3v) is 1.46. The summed E-state index contributed by atoms with van der Waals surface area (Å²) in [5, 5.41) is 2.53. The van der Waals surface area contributed by atoms with Gasteiger partial charge in [-0.1, -0.05) is 0 Å². The molecule has 0 unspecified atom stereocenters. The zero-order chi connectivity index (χ0) is 13.3. The van der Waals surface area contributed by atoms with E-state index in [1.54, 1.807) is 20.8 Å². The van der Waals surface area contributed by atoms with E-state index in [9.17, 15) is 9.59 Å². The zero-order valence-corrected chi connectivity index (χ0v) is 10.4. The van der Waals surface area contributed by atoms with Gasteiger partial charge in [-0.2, -0.15) is 0 Å². The summed E-state index contributed by atoms with van der Waals surface area (Å²) in [5.41, 5.74) is -0.522. The Morgan fingerprint density at radius 1 is 1.35 bits per heavy atom. The molecule has 1 amide bonds. The standard InChI is InChI=1S/C11H18N2O4/c1-11(2,3)17-10(15)13-6-5-7-16-9(14)8-12-4/h5-8H2,1-3H3,(H,13,15). The minimum Gasteiger partial charge on any atom is -0.460 e. The van der Waals surface area contributed by atoms with Crippen molar-refractivity contribution in [1.29, 1.82) is 0 Å². The Morgan fingerprint density at radius 3 is 2.53 bits per heavy atom. The highest BCUT2D eigenvalue weighted by molar-refractivity contribution is 5.73. The largest absolute Gasteiger partial charge is 0.460 e. The molecule has 0 fully saturated rings. The third kappa shape index (κ3) is 10.5. The molecular weight excluding hydrogens is 224 g/mol. The van der Waals surface area contributed by atoms with Crippen molar-refractivity contribution in [1.82, 2.24) is 5.32 Å². The van der Waals surface area contributed by atoms with Crippen molar-refractivity contribution in [2.45, 2.75) is 32.8 Å². The molecule has 0 spiro atoms. The Kier molecular flexibility index (Phi) is 6.71. The fraction of sp³-hybridized carbons (Fsp3) is 0.727. The van der Waals surface area contributed by atoms with Crippen molar-refractivity contribution in [3.05, 3.63) is 11.4 Å². The molecule has 0 heterocycles. The van der Waals surface area contributed by atoms with Gasteiger partial charge in [0.15, 0.2) is 0 Å². The number of rotatable bonds is 5. The molecular formula is C11H18N2O4. The van der Waals surface area contributed by atoms with E-state index in [1.807, 2.05) is 0 Å². The van der Waals surface area contributed by atoms with Crippen molar-refractivity contribution in [3.63, 3.8) is 0 Å². The maximum Gasteiger partial charge on any atom is 0.407 e. The number of nitrogens with zero attached hydrogens (tertiary/aromatic N) is 1. The van der Waals surface area contributed by atoms with Gasteiger partial charge in [-0.15, -0.1) is 0 Å². The highest BCUT2D eigenvalue weighted by atomic mass is 16.6. The normalized spacial score (nSPS) is 10.2. The van der Waals surface area contributed by atoms with Crippen LogP contribution in [-0.4, -0.2) is 37.4 Å². The van der Waals surface area contributed by atoms with Gasteiger partial charge in [-0.05, 0) is 27.2 Å². The van der Waals surface area contributed by atoms with Crippen LogP contribution in [0.3, 0.4) is 0 Å². The molecule has 0 atom stereocenters. The Labute approximate surface area is 101 Å². The number of carbonyl (C=O) groups is 2. The van der Waals surface area contributed by atoms with Gasteiger partial charge in [0, 0.05) is 6.54 Å². The quantitative estimate of drug-likeness (QED) is 0.449. The van der Waals surface area contributed by atoms with E-state index in [0.29, 0.717) is 13.0 Å². The summed E-state index contributed by atoms with van der Waals surface area (Å²) in [6.07, 6.45) is -0.00631. The number of hydrogen-bond donors (Lipinski definition) is 1. The van der Waals surface area contributed by atoms with Crippen LogP contribution in [0.2, 0.25) is 0 Å². The van der Waals surface area contributed by atoms with Gasteiger partial charge in [0.2, 0.25) is 0 Å². The number of esters is 1. The number of amides is 1. The van der Waals surface area contributed by atoms with E-state index in [-0.39, 0.29) is 13.2 Å². The second kappa shape index (κ2) is 7.49. The van der Waals surface area contributed by atoms with E-state index in [4.69, 9.17) is 16.0 Å². The lowest BCUT2D eigenvalue weighted by molar-refractivity contribution is -0.141. The number of hydrogen-bond acceptors (Lipinski definition) is 4. The van der Waals surface area contributed by atoms with Crippen molar-refractivity contribution >= 4 is 12.1 Å². The van der Waals surface area contributed by atoms with Crippen LogP contribution in [0.25, 0.3) is 4.85 Å². The summed E-state index contributed by atoms with van der Waals surface area (Å²) in [5.74, 6) is -0.544. The van der Waals surface area contributed by atoms with Crippen LogP contribution in [0.1, 0.15) is 27.2 Å². The van der Waals surface area contributed by atoms with Crippen LogP contribution in [0.5, 0.6) is 0 Å². The summed E-state index contributed by atoms with van der Waals surface area (Å²) in [6, 6.07) is 0. The van der Waals surface area contributed by atoms with Gasteiger partial charge in [-0.25, -0.2) is 16.2 Å². The zero-order valence-electron chi connectivity index (χ0n) is 10.4. The van der Waals surface area contributed by atoms with E-state index < -0.39 is 17.7 Å². The lowest BCUT2D eigenvalue weighted by atomic mass is 10.2. The summed E-state index contributed by atoms with van der Waals surface area (Å²) in [7, 11) is 0. The number of ether oxygens (including phenoxy) is 2.